The van der Waals surface area contributed by atoms with Gasteiger partial charge in [0.15, 0.2) is 0 Å². The highest BCUT2D eigenvalue weighted by Crippen LogP contribution is 2.38. The summed E-state index contributed by atoms with van der Waals surface area (Å²) in [5.74, 6) is 1.39. The van der Waals surface area contributed by atoms with Crippen LogP contribution in [0, 0.1) is 17.7 Å². The Labute approximate surface area is 116 Å². The first-order chi connectivity index (χ1) is 9.24. The van der Waals surface area contributed by atoms with Crippen molar-refractivity contribution in [3.63, 3.8) is 0 Å². The van der Waals surface area contributed by atoms with Gasteiger partial charge in [-0.15, -0.1) is 0 Å². The zero-order valence-corrected chi connectivity index (χ0v) is 12.2. The van der Waals surface area contributed by atoms with Crippen LogP contribution in [0.15, 0.2) is 24.3 Å². The Balaban J connectivity index is 2.15. The van der Waals surface area contributed by atoms with E-state index in [0.29, 0.717) is 12.0 Å². The van der Waals surface area contributed by atoms with E-state index in [1.165, 1.54) is 38.2 Å². The number of nitrogens with one attached hydrogen (secondary N) is 1. The molecule has 3 unspecified atom stereocenters. The summed E-state index contributed by atoms with van der Waals surface area (Å²) in [6, 6.07) is 7.43. The molecule has 1 aliphatic rings. The molecule has 3 atom stereocenters. The SMILES string of the molecule is CCNC(c1cccc(F)c1)C1CCCC(CC)C1. The van der Waals surface area contributed by atoms with Crippen LogP contribution in [0.3, 0.4) is 0 Å². The predicted molar refractivity (Wildman–Crippen MR) is 78.6 cm³/mol. The highest BCUT2D eigenvalue weighted by atomic mass is 19.1. The molecule has 1 N–H and O–H groups in total. The fourth-order valence-corrected chi connectivity index (χ4v) is 3.48. The Hall–Kier alpha value is -0.890. The van der Waals surface area contributed by atoms with Crippen molar-refractivity contribution in [1.82, 2.24) is 5.32 Å². The van der Waals surface area contributed by atoms with Crippen LogP contribution >= 0.6 is 0 Å². The molecule has 1 fully saturated rings. The van der Waals surface area contributed by atoms with Crippen LogP contribution < -0.4 is 5.32 Å². The van der Waals surface area contributed by atoms with E-state index in [1.54, 1.807) is 6.07 Å². The van der Waals surface area contributed by atoms with E-state index in [2.05, 4.69) is 25.2 Å². The molecule has 0 aromatic heterocycles. The van der Waals surface area contributed by atoms with Gasteiger partial charge in [0.2, 0.25) is 0 Å². The number of benzene rings is 1. The second-order valence-electron chi connectivity index (χ2n) is 5.79. The predicted octanol–water partition coefficient (Wildman–Crippen LogP) is 4.69. The summed E-state index contributed by atoms with van der Waals surface area (Å²) in [4.78, 5) is 0. The average Bonchev–Trinajstić information content (AvgIpc) is 2.45. The van der Waals surface area contributed by atoms with Crippen molar-refractivity contribution in [3.05, 3.63) is 35.6 Å². The molecule has 1 aliphatic carbocycles. The third kappa shape index (κ3) is 3.79. The Kier molecular flexibility index (Phi) is 5.38. The van der Waals surface area contributed by atoms with Gasteiger partial charge >= 0.3 is 0 Å². The third-order valence-corrected chi connectivity index (χ3v) is 4.50. The van der Waals surface area contributed by atoms with Crippen molar-refractivity contribution in [2.24, 2.45) is 11.8 Å². The number of hydrogen-bond acceptors (Lipinski definition) is 1. The second-order valence-corrected chi connectivity index (χ2v) is 5.79. The Morgan fingerprint density at radius 1 is 1.32 bits per heavy atom. The fraction of sp³-hybridized carbons (Fsp3) is 0.647. The van der Waals surface area contributed by atoms with Crippen LogP contribution in [0.2, 0.25) is 0 Å². The molecule has 1 saturated carbocycles. The minimum atomic E-state index is -0.122. The highest BCUT2D eigenvalue weighted by molar-refractivity contribution is 5.21. The van der Waals surface area contributed by atoms with E-state index in [9.17, 15) is 4.39 Å². The van der Waals surface area contributed by atoms with Crippen LogP contribution in [0.4, 0.5) is 4.39 Å². The molecule has 2 rings (SSSR count). The maximum atomic E-state index is 13.5. The van der Waals surface area contributed by atoms with Crippen LogP contribution in [-0.4, -0.2) is 6.54 Å². The van der Waals surface area contributed by atoms with Gasteiger partial charge in [0.25, 0.3) is 0 Å². The van der Waals surface area contributed by atoms with Crippen LogP contribution in [-0.2, 0) is 0 Å². The van der Waals surface area contributed by atoms with Crippen LogP contribution in [0.5, 0.6) is 0 Å². The van der Waals surface area contributed by atoms with Crippen LogP contribution in [0.25, 0.3) is 0 Å². The molecule has 0 bridgehead atoms. The smallest absolute Gasteiger partial charge is 0.123 e. The molecule has 0 amide bonds. The molecule has 0 saturated heterocycles. The normalized spacial score (nSPS) is 25.2. The van der Waals surface area contributed by atoms with Gasteiger partial charge in [-0.3, -0.25) is 0 Å². The van der Waals surface area contributed by atoms with E-state index in [1.807, 2.05) is 6.07 Å². The Bertz CT molecular complexity index is 391. The summed E-state index contributed by atoms with van der Waals surface area (Å²) < 4.78 is 13.5. The zero-order chi connectivity index (χ0) is 13.7. The molecular weight excluding hydrogens is 237 g/mol. The van der Waals surface area contributed by atoms with E-state index < -0.39 is 0 Å². The topological polar surface area (TPSA) is 12.0 Å². The average molecular weight is 263 g/mol. The van der Waals surface area contributed by atoms with Gasteiger partial charge < -0.3 is 5.32 Å². The molecule has 106 valence electrons. The molecule has 0 spiro atoms. The third-order valence-electron chi connectivity index (χ3n) is 4.50. The summed E-state index contributed by atoms with van der Waals surface area (Å²) in [5, 5.41) is 3.57. The summed E-state index contributed by atoms with van der Waals surface area (Å²) in [6.07, 6.45) is 6.52. The second kappa shape index (κ2) is 7.04. The van der Waals surface area contributed by atoms with E-state index in [-0.39, 0.29) is 5.82 Å². The maximum Gasteiger partial charge on any atom is 0.123 e. The Morgan fingerprint density at radius 3 is 2.84 bits per heavy atom. The summed E-state index contributed by atoms with van der Waals surface area (Å²) in [5.41, 5.74) is 1.11. The lowest BCUT2D eigenvalue weighted by Crippen LogP contribution is -2.31. The van der Waals surface area contributed by atoms with E-state index in [0.717, 1.165) is 18.0 Å². The molecule has 1 aromatic rings. The minimum Gasteiger partial charge on any atom is -0.310 e. The molecule has 0 heterocycles. The molecule has 1 nitrogen and oxygen atoms in total. The molecule has 19 heavy (non-hydrogen) atoms. The maximum absolute atomic E-state index is 13.5. The van der Waals surface area contributed by atoms with Crippen molar-refractivity contribution < 1.29 is 4.39 Å². The van der Waals surface area contributed by atoms with E-state index >= 15 is 0 Å². The van der Waals surface area contributed by atoms with Crippen molar-refractivity contribution in [1.29, 1.82) is 0 Å². The standard InChI is InChI=1S/C17H26FN/c1-3-13-7-5-8-14(11-13)17(19-4-2)15-9-6-10-16(18)12-15/h6,9-10,12-14,17,19H,3-5,7-8,11H2,1-2H3. The summed E-state index contributed by atoms with van der Waals surface area (Å²) in [6.45, 7) is 5.36. The summed E-state index contributed by atoms with van der Waals surface area (Å²) >= 11 is 0. The van der Waals surface area contributed by atoms with Crippen LogP contribution in [0.1, 0.15) is 57.6 Å². The lowest BCUT2D eigenvalue weighted by Gasteiger charge is -2.35. The van der Waals surface area contributed by atoms with Gasteiger partial charge in [0.1, 0.15) is 5.82 Å². The van der Waals surface area contributed by atoms with Crippen molar-refractivity contribution in [3.8, 4) is 0 Å². The number of hydrogen-bond donors (Lipinski definition) is 1. The zero-order valence-electron chi connectivity index (χ0n) is 12.2. The van der Waals surface area contributed by atoms with Gasteiger partial charge in [-0.25, -0.2) is 4.39 Å². The van der Waals surface area contributed by atoms with Gasteiger partial charge in [-0.1, -0.05) is 45.2 Å². The molecule has 1 aromatic carbocycles. The molecule has 2 heteroatoms. The van der Waals surface area contributed by atoms with Crippen molar-refractivity contribution in [2.45, 2.75) is 52.0 Å². The van der Waals surface area contributed by atoms with Gasteiger partial charge in [-0.05, 0) is 48.9 Å². The minimum absolute atomic E-state index is 0.122. The quantitative estimate of drug-likeness (QED) is 0.812. The number of halogens is 1. The first-order valence-corrected chi connectivity index (χ1v) is 7.73. The molecule has 0 radical (unpaired) electrons. The van der Waals surface area contributed by atoms with Crippen molar-refractivity contribution in [2.75, 3.05) is 6.54 Å². The monoisotopic (exact) mass is 263 g/mol. The van der Waals surface area contributed by atoms with Gasteiger partial charge in [0, 0.05) is 6.04 Å². The summed E-state index contributed by atoms with van der Waals surface area (Å²) in [7, 11) is 0. The van der Waals surface area contributed by atoms with E-state index in [4.69, 9.17) is 0 Å². The largest absolute Gasteiger partial charge is 0.310 e. The van der Waals surface area contributed by atoms with Gasteiger partial charge in [0.05, 0.1) is 0 Å². The first kappa shape index (κ1) is 14.5. The Morgan fingerprint density at radius 2 is 2.16 bits per heavy atom. The fourth-order valence-electron chi connectivity index (χ4n) is 3.48. The first-order valence-electron chi connectivity index (χ1n) is 7.73. The van der Waals surface area contributed by atoms with Crippen molar-refractivity contribution >= 4 is 0 Å². The lowest BCUT2D eigenvalue weighted by atomic mass is 9.75. The van der Waals surface area contributed by atoms with Gasteiger partial charge in [-0.2, -0.15) is 0 Å². The molecule has 0 aliphatic heterocycles. The lowest BCUT2D eigenvalue weighted by molar-refractivity contribution is 0.210. The number of rotatable bonds is 5. The molecular formula is C17H26FN. The highest BCUT2D eigenvalue weighted by Gasteiger charge is 2.28.